The Morgan fingerprint density at radius 2 is 1.85 bits per heavy atom. The summed E-state index contributed by atoms with van der Waals surface area (Å²) in [7, 11) is -2.26. The number of nitrogens with one attached hydrogen (secondary N) is 1. The van der Waals surface area contributed by atoms with Gasteiger partial charge in [0.05, 0.1) is 12.7 Å². The summed E-state index contributed by atoms with van der Waals surface area (Å²) in [6.07, 6.45) is 2.72. The average Bonchev–Trinajstić information content (AvgIpc) is 3.00. The van der Waals surface area contributed by atoms with E-state index in [1.165, 1.54) is 17.5 Å². The molecule has 0 radical (unpaired) electrons. The average molecular weight is 392 g/mol. The van der Waals surface area contributed by atoms with Gasteiger partial charge in [-0.05, 0) is 51.0 Å². The molecule has 1 saturated heterocycles. The van der Waals surface area contributed by atoms with E-state index >= 15 is 0 Å². The van der Waals surface area contributed by atoms with Crippen LogP contribution >= 0.6 is 0 Å². The number of rotatable bonds is 5. The number of piperidine rings is 1. The van der Waals surface area contributed by atoms with Crippen molar-refractivity contribution in [3.05, 3.63) is 41.3 Å². The number of sulfonamides is 1. The van der Waals surface area contributed by atoms with Gasteiger partial charge >= 0.3 is 0 Å². The first kappa shape index (κ1) is 19.4. The number of ether oxygens (including phenoxy) is 1. The molecule has 1 aliphatic rings. The SMILES string of the molecule is COc1ccc(NC(=O)c2cc(C)oc2C)cc1S(=O)(=O)N1CCCCC1. The number of nitrogens with zero attached hydrogens (tertiary/aromatic N) is 1. The molecule has 7 nitrogen and oxygen atoms in total. The van der Waals surface area contributed by atoms with Crippen LogP contribution in [0.4, 0.5) is 5.69 Å². The van der Waals surface area contributed by atoms with E-state index in [1.54, 1.807) is 32.0 Å². The topological polar surface area (TPSA) is 88.8 Å². The van der Waals surface area contributed by atoms with E-state index in [1.807, 2.05) is 0 Å². The van der Waals surface area contributed by atoms with Gasteiger partial charge in [0.25, 0.3) is 5.91 Å². The zero-order valence-corrected chi connectivity index (χ0v) is 16.6. The Morgan fingerprint density at radius 1 is 1.15 bits per heavy atom. The predicted molar refractivity (Wildman–Crippen MR) is 102 cm³/mol. The zero-order valence-electron chi connectivity index (χ0n) is 15.7. The van der Waals surface area contributed by atoms with Crippen molar-refractivity contribution in [3.8, 4) is 5.75 Å². The molecule has 1 fully saturated rings. The quantitative estimate of drug-likeness (QED) is 0.843. The standard InChI is InChI=1S/C19H24N2O5S/c1-13-11-16(14(2)26-13)19(22)20-15-7-8-17(25-3)18(12-15)27(23,24)21-9-5-4-6-10-21/h7-8,11-12H,4-6,9-10H2,1-3H3,(H,20,22). The number of amides is 1. The highest BCUT2D eigenvalue weighted by atomic mass is 32.2. The first-order valence-corrected chi connectivity index (χ1v) is 10.3. The highest BCUT2D eigenvalue weighted by Gasteiger charge is 2.29. The molecule has 146 valence electrons. The Hall–Kier alpha value is -2.32. The molecule has 0 saturated carbocycles. The number of hydrogen-bond acceptors (Lipinski definition) is 5. The molecule has 3 rings (SSSR count). The number of anilines is 1. The summed E-state index contributed by atoms with van der Waals surface area (Å²) >= 11 is 0. The van der Waals surface area contributed by atoms with E-state index in [-0.39, 0.29) is 16.6 Å². The number of carbonyl (C=O) groups is 1. The van der Waals surface area contributed by atoms with Crippen LogP contribution < -0.4 is 10.1 Å². The molecule has 1 aromatic carbocycles. The molecule has 2 heterocycles. The van der Waals surface area contributed by atoms with Gasteiger partial charge in [0.1, 0.15) is 22.2 Å². The van der Waals surface area contributed by atoms with Crippen LogP contribution in [0.25, 0.3) is 0 Å². The van der Waals surface area contributed by atoms with Gasteiger partial charge in [0.2, 0.25) is 10.0 Å². The third-order valence-electron chi connectivity index (χ3n) is 4.64. The Balaban J connectivity index is 1.91. The Bertz CT molecular complexity index is 943. The molecule has 0 bridgehead atoms. The summed E-state index contributed by atoms with van der Waals surface area (Å²) in [5, 5.41) is 2.74. The molecule has 0 atom stereocenters. The molecule has 0 unspecified atom stereocenters. The van der Waals surface area contributed by atoms with Gasteiger partial charge in [-0.25, -0.2) is 8.42 Å². The second kappa shape index (κ2) is 7.74. The summed E-state index contributed by atoms with van der Waals surface area (Å²) in [6, 6.07) is 6.27. The third-order valence-corrected chi connectivity index (χ3v) is 6.56. The van der Waals surface area contributed by atoms with Crippen LogP contribution in [-0.4, -0.2) is 38.8 Å². The fourth-order valence-corrected chi connectivity index (χ4v) is 4.95. The predicted octanol–water partition coefficient (Wildman–Crippen LogP) is 3.33. The van der Waals surface area contributed by atoms with Crippen molar-refractivity contribution in [1.82, 2.24) is 4.31 Å². The molecule has 1 amide bonds. The second-order valence-corrected chi connectivity index (χ2v) is 8.52. The lowest BCUT2D eigenvalue weighted by Crippen LogP contribution is -2.35. The summed E-state index contributed by atoms with van der Waals surface area (Å²) in [6.45, 7) is 4.47. The molecule has 8 heteroatoms. The molecule has 27 heavy (non-hydrogen) atoms. The maximum atomic E-state index is 13.1. The normalized spacial score (nSPS) is 15.5. The molecule has 1 N–H and O–H groups in total. The van der Waals surface area contributed by atoms with Crippen LogP contribution in [0.2, 0.25) is 0 Å². The first-order valence-electron chi connectivity index (χ1n) is 8.89. The van der Waals surface area contributed by atoms with Crippen LogP contribution in [0.3, 0.4) is 0 Å². The molecule has 0 spiro atoms. The van der Waals surface area contributed by atoms with E-state index in [2.05, 4.69) is 5.32 Å². The monoisotopic (exact) mass is 392 g/mol. The number of benzene rings is 1. The van der Waals surface area contributed by atoms with Gasteiger partial charge in [-0.1, -0.05) is 6.42 Å². The van der Waals surface area contributed by atoms with Crippen molar-refractivity contribution in [2.45, 2.75) is 38.0 Å². The van der Waals surface area contributed by atoms with Crippen LogP contribution in [-0.2, 0) is 10.0 Å². The molecule has 1 aromatic heterocycles. The van der Waals surface area contributed by atoms with E-state index in [0.29, 0.717) is 35.9 Å². The lowest BCUT2D eigenvalue weighted by Gasteiger charge is -2.26. The smallest absolute Gasteiger partial charge is 0.259 e. The minimum absolute atomic E-state index is 0.0600. The van der Waals surface area contributed by atoms with Crippen molar-refractivity contribution in [2.75, 3.05) is 25.5 Å². The largest absolute Gasteiger partial charge is 0.495 e. The van der Waals surface area contributed by atoms with Crippen LogP contribution in [0.15, 0.2) is 33.6 Å². The zero-order chi connectivity index (χ0) is 19.6. The lowest BCUT2D eigenvalue weighted by molar-refractivity contribution is 0.102. The summed E-state index contributed by atoms with van der Waals surface area (Å²) in [4.78, 5) is 12.6. The maximum absolute atomic E-state index is 13.1. The van der Waals surface area contributed by atoms with Crippen molar-refractivity contribution >= 4 is 21.6 Å². The van der Waals surface area contributed by atoms with E-state index in [4.69, 9.17) is 9.15 Å². The number of methoxy groups -OCH3 is 1. The highest BCUT2D eigenvalue weighted by Crippen LogP contribution is 2.31. The molecular formula is C19H24N2O5S. The summed E-state index contributed by atoms with van der Waals surface area (Å²) in [5.41, 5.74) is 0.804. The van der Waals surface area contributed by atoms with Crippen molar-refractivity contribution in [3.63, 3.8) is 0 Å². The van der Waals surface area contributed by atoms with E-state index in [0.717, 1.165) is 19.3 Å². The van der Waals surface area contributed by atoms with Crippen molar-refractivity contribution in [2.24, 2.45) is 0 Å². The fourth-order valence-electron chi connectivity index (χ4n) is 3.26. The maximum Gasteiger partial charge on any atom is 0.259 e. The minimum Gasteiger partial charge on any atom is -0.495 e. The second-order valence-electron chi connectivity index (χ2n) is 6.61. The van der Waals surface area contributed by atoms with Gasteiger partial charge in [-0.15, -0.1) is 0 Å². The minimum atomic E-state index is -3.69. The van der Waals surface area contributed by atoms with Crippen molar-refractivity contribution in [1.29, 1.82) is 0 Å². The first-order chi connectivity index (χ1) is 12.8. The highest BCUT2D eigenvalue weighted by molar-refractivity contribution is 7.89. The van der Waals surface area contributed by atoms with Crippen LogP contribution in [0.5, 0.6) is 5.75 Å². The summed E-state index contributed by atoms with van der Waals surface area (Å²) < 4.78 is 38.2. The van der Waals surface area contributed by atoms with Crippen LogP contribution in [0.1, 0.15) is 41.1 Å². The number of furan rings is 1. The lowest BCUT2D eigenvalue weighted by atomic mass is 10.2. The molecule has 0 aliphatic carbocycles. The van der Waals surface area contributed by atoms with E-state index in [9.17, 15) is 13.2 Å². The number of carbonyl (C=O) groups excluding carboxylic acids is 1. The van der Waals surface area contributed by atoms with Gasteiger partial charge in [-0.3, -0.25) is 4.79 Å². The van der Waals surface area contributed by atoms with Gasteiger partial charge in [0.15, 0.2) is 0 Å². The van der Waals surface area contributed by atoms with Gasteiger partial charge in [0, 0.05) is 18.8 Å². The molecule has 1 aliphatic heterocycles. The summed E-state index contributed by atoms with van der Waals surface area (Å²) in [5.74, 6) is 1.06. The number of hydrogen-bond donors (Lipinski definition) is 1. The van der Waals surface area contributed by atoms with Crippen molar-refractivity contribution < 1.29 is 22.4 Å². The third kappa shape index (κ3) is 4.01. The van der Waals surface area contributed by atoms with Gasteiger partial charge in [-0.2, -0.15) is 4.31 Å². The number of aryl methyl sites for hydroxylation is 2. The molecular weight excluding hydrogens is 368 g/mol. The van der Waals surface area contributed by atoms with Crippen LogP contribution in [0, 0.1) is 13.8 Å². The van der Waals surface area contributed by atoms with Gasteiger partial charge < -0.3 is 14.5 Å². The fraction of sp³-hybridized carbons (Fsp3) is 0.421. The molecule has 2 aromatic rings. The van der Waals surface area contributed by atoms with E-state index < -0.39 is 10.0 Å². The Morgan fingerprint density at radius 3 is 2.44 bits per heavy atom. The Kier molecular flexibility index (Phi) is 5.57. The Labute approximate surface area is 159 Å².